The van der Waals surface area contributed by atoms with Crippen LogP contribution in [0, 0.1) is 3.57 Å². The summed E-state index contributed by atoms with van der Waals surface area (Å²) in [6.45, 7) is 0.157. The molecule has 8 heteroatoms. The first-order valence-electron chi connectivity index (χ1n) is 11.0. The van der Waals surface area contributed by atoms with Crippen molar-refractivity contribution in [2.45, 2.75) is 24.9 Å². The molecule has 35 heavy (non-hydrogen) atoms. The Bertz CT molecular complexity index is 1380. The van der Waals surface area contributed by atoms with Crippen molar-refractivity contribution in [1.29, 1.82) is 0 Å². The molecule has 2 N–H and O–H groups in total. The number of aromatic nitrogens is 1. The third-order valence-electron chi connectivity index (χ3n) is 6.14. The number of amides is 1. The molecule has 0 saturated heterocycles. The average molecular weight is 580 g/mol. The van der Waals surface area contributed by atoms with Crippen LogP contribution in [0.3, 0.4) is 0 Å². The van der Waals surface area contributed by atoms with Gasteiger partial charge in [-0.15, -0.1) is 0 Å². The number of carbonyl (C=O) groups excluding carboxylic acids is 1. The fraction of sp³-hybridized carbons (Fsp3) is 0.148. The lowest BCUT2D eigenvalue weighted by atomic mass is 9.93. The van der Waals surface area contributed by atoms with Crippen LogP contribution in [0.5, 0.6) is 0 Å². The number of nitrogens with zero attached hydrogens (tertiary/aromatic N) is 1. The van der Waals surface area contributed by atoms with Crippen LogP contribution in [-0.4, -0.2) is 22.3 Å². The molecule has 1 aliphatic rings. The molecule has 3 aromatic carbocycles. The molecule has 0 spiro atoms. The fourth-order valence-corrected chi connectivity index (χ4v) is 4.61. The van der Waals surface area contributed by atoms with Gasteiger partial charge in [-0.25, -0.2) is 4.79 Å². The van der Waals surface area contributed by atoms with Gasteiger partial charge < -0.3 is 14.4 Å². The maximum Gasteiger partial charge on any atom is 0.412 e. The minimum atomic E-state index is -0.759. The van der Waals surface area contributed by atoms with Crippen LogP contribution in [0.1, 0.15) is 24.0 Å². The number of anilines is 1. The zero-order chi connectivity index (χ0) is 24.4. The molecule has 0 atom stereocenters. The molecule has 0 unspecified atom stereocenters. The van der Waals surface area contributed by atoms with Crippen molar-refractivity contribution >= 4 is 40.3 Å². The van der Waals surface area contributed by atoms with Crippen LogP contribution in [0.4, 0.5) is 10.5 Å². The predicted molar refractivity (Wildman–Crippen MR) is 139 cm³/mol. The largest absolute Gasteiger partial charge is 0.481 e. The number of carboxylic acid groups (broad SMARTS) is 1. The van der Waals surface area contributed by atoms with Crippen molar-refractivity contribution in [2.24, 2.45) is 0 Å². The second-order valence-corrected chi connectivity index (χ2v) is 9.69. The van der Waals surface area contributed by atoms with Crippen LogP contribution in [0.2, 0.25) is 0 Å². The lowest BCUT2D eigenvalue weighted by molar-refractivity contribution is -0.140. The Morgan fingerprint density at radius 3 is 2.29 bits per heavy atom. The van der Waals surface area contributed by atoms with Gasteiger partial charge in [0.1, 0.15) is 12.3 Å². The lowest BCUT2D eigenvalue weighted by Gasteiger charge is -2.11. The Labute approximate surface area is 215 Å². The molecule has 0 aliphatic heterocycles. The van der Waals surface area contributed by atoms with E-state index in [4.69, 9.17) is 9.26 Å². The fourth-order valence-electron chi connectivity index (χ4n) is 4.01. The topological polar surface area (TPSA) is 102 Å². The molecule has 1 fully saturated rings. The van der Waals surface area contributed by atoms with Crippen molar-refractivity contribution in [2.75, 3.05) is 5.32 Å². The molecule has 176 valence electrons. The Kier molecular flexibility index (Phi) is 6.29. The van der Waals surface area contributed by atoms with E-state index < -0.39 is 17.5 Å². The predicted octanol–water partition coefficient (Wildman–Crippen LogP) is 6.48. The molecule has 1 aromatic heterocycles. The van der Waals surface area contributed by atoms with Crippen molar-refractivity contribution in [3.8, 4) is 22.5 Å². The maximum atomic E-state index is 12.3. The number of carboxylic acids is 1. The van der Waals surface area contributed by atoms with Crippen LogP contribution in [-0.2, 0) is 21.6 Å². The van der Waals surface area contributed by atoms with Gasteiger partial charge in [0, 0.05) is 9.13 Å². The lowest BCUT2D eigenvalue weighted by Crippen LogP contribution is -2.19. The Morgan fingerprint density at radius 1 is 1.00 bits per heavy atom. The number of aliphatic carboxylic acids is 1. The second kappa shape index (κ2) is 9.53. The first-order valence-corrected chi connectivity index (χ1v) is 12.1. The van der Waals surface area contributed by atoms with Crippen LogP contribution in [0.15, 0.2) is 83.5 Å². The highest BCUT2D eigenvalue weighted by Crippen LogP contribution is 2.48. The van der Waals surface area contributed by atoms with Gasteiger partial charge in [0.2, 0.25) is 0 Å². The molecule has 1 saturated carbocycles. The molecule has 1 aliphatic carbocycles. The first-order chi connectivity index (χ1) is 16.9. The van der Waals surface area contributed by atoms with E-state index in [1.54, 1.807) is 0 Å². The first kappa shape index (κ1) is 23.1. The number of carbonyl (C=O) groups is 2. The van der Waals surface area contributed by atoms with Gasteiger partial charge in [-0.1, -0.05) is 65.8 Å². The normalized spacial score (nSPS) is 13.7. The van der Waals surface area contributed by atoms with E-state index in [0.29, 0.717) is 24.3 Å². The number of ether oxygens (including phenoxy) is 1. The van der Waals surface area contributed by atoms with Gasteiger partial charge in [-0.3, -0.25) is 10.1 Å². The summed E-state index contributed by atoms with van der Waals surface area (Å²) in [7, 11) is 0. The molecule has 5 rings (SSSR count). The summed E-state index contributed by atoms with van der Waals surface area (Å²) in [4.78, 5) is 23.8. The molecule has 4 aromatic rings. The smallest absolute Gasteiger partial charge is 0.412 e. The van der Waals surface area contributed by atoms with Crippen molar-refractivity contribution in [3.63, 3.8) is 0 Å². The molecular formula is C27H21IN2O5. The van der Waals surface area contributed by atoms with Crippen LogP contribution in [0.25, 0.3) is 22.5 Å². The minimum absolute atomic E-state index is 0.157. The minimum Gasteiger partial charge on any atom is -0.481 e. The highest BCUT2D eigenvalue weighted by atomic mass is 127. The Hall–Kier alpha value is -3.66. The summed E-state index contributed by atoms with van der Waals surface area (Å²) in [6, 6.07) is 23.0. The molecular weight excluding hydrogens is 559 g/mol. The summed E-state index contributed by atoms with van der Waals surface area (Å²) >= 11 is 2.21. The maximum absolute atomic E-state index is 12.3. The summed E-state index contributed by atoms with van der Waals surface area (Å²) < 4.78 is 11.8. The number of rotatable bonds is 7. The number of nitrogens with one attached hydrogen (secondary N) is 1. The second-order valence-electron chi connectivity index (χ2n) is 8.44. The number of hydrogen-bond donors (Lipinski definition) is 2. The summed E-state index contributed by atoms with van der Waals surface area (Å²) in [6.07, 6.45) is 2.21. The van der Waals surface area contributed by atoms with Gasteiger partial charge in [-0.05, 0) is 69.8 Å². The molecule has 1 heterocycles. The van der Waals surface area contributed by atoms with E-state index >= 15 is 0 Å². The number of benzene rings is 3. The van der Waals surface area contributed by atoms with E-state index in [2.05, 4.69) is 33.1 Å². The zero-order valence-corrected chi connectivity index (χ0v) is 20.7. The summed E-state index contributed by atoms with van der Waals surface area (Å²) in [5, 5.41) is 16.0. The van der Waals surface area contributed by atoms with Crippen molar-refractivity contribution in [1.82, 2.24) is 5.16 Å². The molecule has 0 bridgehead atoms. The quantitative estimate of drug-likeness (QED) is 0.243. The zero-order valence-electron chi connectivity index (χ0n) is 18.5. The van der Waals surface area contributed by atoms with E-state index in [-0.39, 0.29) is 6.61 Å². The van der Waals surface area contributed by atoms with E-state index in [1.165, 1.54) is 6.20 Å². The highest BCUT2D eigenvalue weighted by molar-refractivity contribution is 14.1. The Balaban J connectivity index is 1.25. The summed E-state index contributed by atoms with van der Waals surface area (Å²) in [5.41, 5.74) is 4.16. The third-order valence-corrected chi connectivity index (χ3v) is 6.81. The van der Waals surface area contributed by atoms with E-state index in [9.17, 15) is 14.7 Å². The highest BCUT2D eigenvalue weighted by Gasteiger charge is 2.51. The van der Waals surface area contributed by atoms with Crippen molar-refractivity contribution in [3.05, 3.63) is 93.7 Å². The van der Waals surface area contributed by atoms with Crippen molar-refractivity contribution < 1.29 is 24.0 Å². The molecule has 1 amide bonds. The average Bonchev–Trinajstić information content (AvgIpc) is 3.57. The van der Waals surface area contributed by atoms with Gasteiger partial charge in [0.25, 0.3) is 0 Å². The van der Waals surface area contributed by atoms with E-state index in [1.807, 2.05) is 72.8 Å². The van der Waals surface area contributed by atoms with E-state index in [0.717, 1.165) is 31.4 Å². The SMILES string of the molecule is O=C(Nc1cnoc1-c1ccc(-c2ccc(C3(C(=O)O)CC3)cc2)cc1)OCc1cccc(I)c1. The Morgan fingerprint density at radius 2 is 1.66 bits per heavy atom. The van der Waals surface area contributed by atoms with Crippen LogP contribution < -0.4 is 5.32 Å². The summed E-state index contributed by atoms with van der Waals surface area (Å²) in [5.74, 6) is -0.333. The standard InChI is InChI=1S/C27H21IN2O5/c28-22-3-1-2-17(14-22)16-34-26(33)30-23-15-29-35-24(23)20-6-4-18(5-7-20)19-8-10-21(11-9-19)27(12-13-27)25(31)32/h1-11,14-15H,12-13,16H2,(H,30,33)(H,31,32). The molecule has 7 nitrogen and oxygen atoms in total. The van der Waals surface area contributed by atoms with Gasteiger partial charge in [-0.2, -0.15) is 0 Å². The monoisotopic (exact) mass is 580 g/mol. The third kappa shape index (κ3) is 4.93. The number of halogens is 1. The van der Waals surface area contributed by atoms with Gasteiger partial charge in [0.05, 0.1) is 11.6 Å². The van der Waals surface area contributed by atoms with Gasteiger partial charge in [0.15, 0.2) is 5.76 Å². The van der Waals surface area contributed by atoms with Gasteiger partial charge >= 0.3 is 12.1 Å². The number of hydrogen-bond acceptors (Lipinski definition) is 5. The molecule has 0 radical (unpaired) electrons. The van der Waals surface area contributed by atoms with Crippen LogP contribution >= 0.6 is 22.6 Å².